The van der Waals surface area contributed by atoms with Crippen LogP contribution in [0.15, 0.2) is 47.6 Å². The first-order valence-corrected chi connectivity index (χ1v) is 8.31. The Morgan fingerprint density at radius 1 is 1.18 bits per heavy atom. The topological polar surface area (TPSA) is 83.9 Å². The van der Waals surface area contributed by atoms with Gasteiger partial charge in [-0.15, -0.1) is 0 Å². The van der Waals surface area contributed by atoms with E-state index in [-0.39, 0.29) is 31.3 Å². The first-order valence-electron chi connectivity index (χ1n) is 8.31. The predicted octanol–water partition coefficient (Wildman–Crippen LogP) is 3.78. The molecule has 0 saturated carbocycles. The lowest BCUT2D eigenvalue weighted by molar-refractivity contribution is -0.138. The molecule has 0 radical (unpaired) electrons. The minimum Gasteiger partial charge on any atom is -0.492 e. The molecule has 0 bridgehead atoms. The molecule has 150 valence electrons. The number of ether oxygens (including phenoxy) is 2. The Kier molecular flexibility index (Phi) is 6.86. The maximum atomic E-state index is 13.1. The van der Waals surface area contributed by atoms with E-state index in [9.17, 15) is 13.2 Å². The van der Waals surface area contributed by atoms with Gasteiger partial charge in [0.05, 0.1) is 12.1 Å². The molecule has 0 aliphatic heterocycles. The van der Waals surface area contributed by atoms with E-state index in [0.29, 0.717) is 11.5 Å². The molecule has 0 heterocycles. The zero-order valence-electron chi connectivity index (χ0n) is 15.3. The van der Waals surface area contributed by atoms with Gasteiger partial charge in [-0.05, 0) is 30.7 Å². The van der Waals surface area contributed by atoms with Gasteiger partial charge in [0, 0.05) is 18.3 Å². The fourth-order valence-corrected chi connectivity index (χ4v) is 2.48. The predicted molar refractivity (Wildman–Crippen MR) is 101 cm³/mol. The second-order valence-corrected chi connectivity index (χ2v) is 5.92. The number of halogens is 3. The lowest BCUT2D eigenvalue weighted by Crippen LogP contribution is -2.34. The van der Waals surface area contributed by atoms with Gasteiger partial charge in [0.25, 0.3) is 0 Å². The molecule has 2 aromatic rings. The highest BCUT2D eigenvalue weighted by Gasteiger charge is 2.32. The number of aryl methyl sites for hydroxylation is 1. The van der Waals surface area contributed by atoms with Gasteiger partial charge in [0.2, 0.25) is 5.96 Å². The van der Waals surface area contributed by atoms with Crippen LogP contribution in [0, 0.1) is 12.3 Å². The van der Waals surface area contributed by atoms with E-state index in [1.165, 1.54) is 23.2 Å². The van der Waals surface area contributed by atoms with Crippen molar-refractivity contribution in [3.63, 3.8) is 0 Å². The molecular formula is C19H21F3N4O2. The number of nitrogens with one attached hydrogen (secondary N) is 1. The number of guanidine groups is 1. The van der Waals surface area contributed by atoms with E-state index in [4.69, 9.17) is 20.6 Å². The SMILES string of the molecule is C=NN(CCOc1cc(C)cc(OCc2ccccc2C(F)(F)F)c1)C(=N)N. The van der Waals surface area contributed by atoms with Crippen molar-refractivity contribution in [2.75, 3.05) is 13.2 Å². The summed E-state index contributed by atoms with van der Waals surface area (Å²) in [4.78, 5) is 0. The molecular weight excluding hydrogens is 373 g/mol. The van der Waals surface area contributed by atoms with Crippen LogP contribution in [0.2, 0.25) is 0 Å². The zero-order chi connectivity index (χ0) is 20.7. The summed E-state index contributed by atoms with van der Waals surface area (Å²) < 4.78 is 50.4. The van der Waals surface area contributed by atoms with Gasteiger partial charge in [0.1, 0.15) is 24.7 Å². The average molecular weight is 394 g/mol. The second-order valence-electron chi connectivity index (χ2n) is 5.92. The van der Waals surface area contributed by atoms with Gasteiger partial charge in [-0.25, -0.2) is 5.01 Å². The zero-order valence-corrected chi connectivity index (χ0v) is 15.3. The molecule has 2 aromatic carbocycles. The van der Waals surface area contributed by atoms with Crippen molar-refractivity contribution in [2.45, 2.75) is 19.7 Å². The molecule has 6 nitrogen and oxygen atoms in total. The van der Waals surface area contributed by atoms with E-state index < -0.39 is 11.7 Å². The molecule has 0 atom stereocenters. The van der Waals surface area contributed by atoms with Gasteiger partial charge in [0.15, 0.2) is 0 Å². The molecule has 0 saturated heterocycles. The summed E-state index contributed by atoms with van der Waals surface area (Å²) in [5, 5.41) is 12.1. The van der Waals surface area contributed by atoms with Gasteiger partial charge in [-0.2, -0.15) is 18.3 Å². The molecule has 0 fully saturated rings. The van der Waals surface area contributed by atoms with Crippen LogP contribution in [0.4, 0.5) is 13.2 Å². The molecule has 28 heavy (non-hydrogen) atoms. The van der Waals surface area contributed by atoms with Crippen molar-refractivity contribution in [3.8, 4) is 11.5 Å². The van der Waals surface area contributed by atoms with Gasteiger partial charge in [-0.3, -0.25) is 5.41 Å². The number of alkyl halides is 3. The van der Waals surface area contributed by atoms with Crippen LogP contribution >= 0.6 is 0 Å². The van der Waals surface area contributed by atoms with E-state index in [2.05, 4.69) is 11.8 Å². The molecule has 0 amide bonds. The Hall–Kier alpha value is -3.23. The summed E-state index contributed by atoms with van der Waals surface area (Å²) in [6, 6.07) is 10.3. The van der Waals surface area contributed by atoms with E-state index in [1.54, 1.807) is 18.2 Å². The quantitative estimate of drug-likeness (QED) is 0.405. The average Bonchev–Trinajstić information content (AvgIpc) is 2.62. The van der Waals surface area contributed by atoms with E-state index >= 15 is 0 Å². The minimum absolute atomic E-state index is 0.0492. The Bertz CT molecular complexity index is 840. The number of hydrogen-bond donors (Lipinski definition) is 2. The summed E-state index contributed by atoms with van der Waals surface area (Å²) in [5.41, 5.74) is 5.48. The van der Waals surface area contributed by atoms with Crippen molar-refractivity contribution >= 4 is 12.7 Å². The summed E-state index contributed by atoms with van der Waals surface area (Å²) in [7, 11) is 0. The first kappa shape index (κ1) is 21.1. The summed E-state index contributed by atoms with van der Waals surface area (Å²) in [6.45, 7) is 5.31. The Morgan fingerprint density at radius 3 is 2.43 bits per heavy atom. The maximum Gasteiger partial charge on any atom is 0.416 e. The number of hydrogen-bond acceptors (Lipinski definition) is 4. The maximum absolute atomic E-state index is 13.1. The van der Waals surface area contributed by atoms with Gasteiger partial charge in [-0.1, -0.05) is 18.2 Å². The lowest BCUT2D eigenvalue weighted by atomic mass is 10.1. The van der Waals surface area contributed by atoms with Crippen molar-refractivity contribution < 1.29 is 22.6 Å². The number of nitrogens with zero attached hydrogens (tertiary/aromatic N) is 2. The molecule has 0 aromatic heterocycles. The van der Waals surface area contributed by atoms with Crippen LogP contribution in [0.25, 0.3) is 0 Å². The van der Waals surface area contributed by atoms with E-state index in [0.717, 1.165) is 11.6 Å². The summed E-state index contributed by atoms with van der Waals surface area (Å²) in [6.07, 6.45) is -4.44. The number of benzene rings is 2. The Morgan fingerprint density at radius 2 is 1.82 bits per heavy atom. The third-order valence-electron chi connectivity index (χ3n) is 3.76. The first-order chi connectivity index (χ1) is 13.2. The molecule has 0 aliphatic rings. The Labute approximate surface area is 160 Å². The smallest absolute Gasteiger partial charge is 0.416 e. The standard InChI is InChI=1S/C19H21F3N4O2/c1-13-9-15(27-8-7-26(25-2)18(23)24)11-16(10-13)28-12-14-5-3-4-6-17(14)19(20,21)22/h3-6,9-11H,2,7-8,12H2,1H3,(H3,23,24). The highest BCUT2D eigenvalue weighted by Crippen LogP contribution is 2.32. The molecule has 9 heteroatoms. The van der Waals surface area contributed by atoms with Gasteiger partial charge >= 0.3 is 6.18 Å². The number of rotatable bonds is 8. The summed E-state index contributed by atoms with van der Waals surface area (Å²) in [5.74, 6) is 0.610. The number of hydrazone groups is 1. The molecule has 0 spiro atoms. The van der Waals surface area contributed by atoms with E-state index in [1.807, 2.05) is 6.92 Å². The van der Waals surface area contributed by atoms with Crippen molar-refractivity contribution in [3.05, 3.63) is 59.2 Å². The van der Waals surface area contributed by atoms with Crippen LogP contribution in [-0.4, -0.2) is 30.8 Å². The molecule has 3 N–H and O–H groups in total. The highest BCUT2D eigenvalue weighted by molar-refractivity contribution is 5.74. The molecule has 0 unspecified atom stereocenters. The Balaban J connectivity index is 2.04. The van der Waals surface area contributed by atoms with Crippen LogP contribution in [0.3, 0.4) is 0 Å². The summed E-state index contributed by atoms with van der Waals surface area (Å²) >= 11 is 0. The van der Waals surface area contributed by atoms with Crippen LogP contribution in [-0.2, 0) is 12.8 Å². The lowest BCUT2D eigenvalue weighted by Gasteiger charge is -2.17. The van der Waals surface area contributed by atoms with Crippen molar-refractivity contribution in [1.29, 1.82) is 5.41 Å². The van der Waals surface area contributed by atoms with Crippen LogP contribution in [0.1, 0.15) is 16.7 Å². The highest BCUT2D eigenvalue weighted by atomic mass is 19.4. The minimum atomic E-state index is -4.44. The van der Waals surface area contributed by atoms with Gasteiger partial charge < -0.3 is 15.2 Å². The third-order valence-corrected chi connectivity index (χ3v) is 3.76. The largest absolute Gasteiger partial charge is 0.492 e. The third kappa shape index (κ3) is 5.90. The fraction of sp³-hybridized carbons (Fsp3) is 0.263. The van der Waals surface area contributed by atoms with Crippen molar-refractivity contribution in [2.24, 2.45) is 10.8 Å². The fourth-order valence-electron chi connectivity index (χ4n) is 2.48. The molecule has 0 aliphatic carbocycles. The second kappa shape index (κ2) is 9.12. The monoisotopic (exact) mass is 394 g/mol. The molecule has 2 rings (SSSR count). The normalized spacial score (nSPS) is 11.0. The van der Waals surface area contributed by atoms with Crippen LogP contribution < -0.4 is 15.2 Å². The van der Waals surface area contributed by atoms with Crippen molar-refractivity contribution in [1.82, 2.24) is 5.01 Å². The number of nitrogens with two attached hydrogens (primary N) is 1. The van der Waals surface area contributed by atoms with Crippen LogP contribution in [0.5, 0.6) is 11.5 Å².